The van der Waals surface area contributed by atoms with Gasteiger partial charge in [-0.2, -0.15) is 0 Å². The maximum Gasteiger partial charge on any atom is 0.123 e. The van der Waals surface area contributed by atoms with Crippen LogP contribution in [-0.2, 0) is 6.42 Å². The minimum atomic E-state index is 0.159. The van der Waals surface area contributed by atoms with Crippen molar-refractivity contribution in [1.82, 2.24) is 0 Å². The Balaban J connectivity index is 1.84. The molecule has 3 atom stereocenters. The maximum atomic E-state index is 6.63. The van der Waals surface area contributed by atoms with Crippen LogP contribution in [0.4, 0.5) is 0 Å². The summed E-state index contributed by atoms with van der Waals surface area (Å²) < 4.78 is 5.79. The van der Waals surface area contributed by atoms with Crippen LogP contribution in [0.1, 0.15) is 63.6 Å². The van der Waals surface area contributed by atoms with Gasteiger partial charge >= 0.3 is 0 Å². The lowest BCUT2D eigenvalue weighted by Crippen LogP contribution is -2.36. The third kappa shape index (κ3) is 2.46. The maximum absolute atomic E-state index is 6.63. The Kier molecular flexibility index (Phi) is 3.53. The predicted octanol–water partition coefficient (Wildman–Crippen LogP) is 4.23. The van der Waals surface area contributed by atoms with Gasteiger partial charge in [-0.3, -0.25) is 0 Å². The zero-order chi connectivity index (χ0) is 14.3. The number of hydrogen-bond acceptors (Lipinski definition) is 2. The molecule has 1 aromatic rings. The van der Waals surface area contributed by atoms with Gasteiger partial charge in [0.05, 0.1) is 0 Å². The van der Waals surface area contributed by atoms with Crippen LogP contribution in [-0.4, -0.2) is 6.10 Å². The van der Waals surface area contributed by atoms with Crippen molar-refractivity contribution < 1.29 is 4.74 Å². The SMILES string of the molecule is CC1Cc2cc(C(N)C3CCCCC3(C)C)ccc2O1. The highest BCUT2D eigenvalue weighted by molar-refractivity contribution is 5.41. The number of nitrogens with two attached hydrogens (primary N) is 1. The average molecular weight is 273 g/mol. The van der Waals surface area contributed by atoms with Crippen molar-refractivity contribution in [3.05, 3.63) is 29.3 Å². The molecule has 20 heavy (non-hydrogen) atoms. The monoisotopic (exact) mass is 273 g/mol. The summed E-state index contributed by atoms with van der Waals surface area (Å²) in [6, 6.07) is 6.73. The second-order valence-corrected chi connectivity index (χ2v) is 7.37. The Labute approximate surface area is 122 Å². The fourth-order valence-electron chi connectivity index (χ4n) is 4.07. The van der Waals surface area contributed by atoms with E-state index < -0.39 is 0 Å². The summed E-state index contributed by atoms with van der Waals surface area (Å²) >= 11 is 0. The molecule has 0 amide bonds. The molecule has 1 aromatic carbocycles. The first-order chi connectivity index (χ1) is 9.47. The van der Waals surface area contributed by atoms with E-state index in [1.165, 1.54) is 36.8 Å². The number of fused-ring (bicyclic) bond motifs is 1. The molecule has 0 radical (unpaired) electrons. The van der Waals surface area contributed by atoms with Gasteiger partial charge in [-0.25, -0.2) is 0 Å². The second kappa shape index (κ2) is 5.07. The van der Waals surface area contributed by atoms with Crippen molar-refractivity contribution in [1.29, 1.82) is 0 Å². The molecule has 1 aliphatic heterocycles. The number of rotatable bonds is 2. The largest absolute Gasteiger partial charge is 0.490 e. The molecule has 110 valence electrons. The van der Waals surface area contributed by atoms with Crippen molar-refractivity contribution in [2.45, 2.75) is 65.0 Å². The van der Waals surface area contributed by atoms with E-state index in [0.717, 1.165) is 12.2 Å². The molecule has 1 fully saturated rings. The van der Waals surface area contributed by atoms with E-state index in [0.29, 0.717) is 17.4 Å². The van der Waals surface area contributed by atoms with Gasteiger partial charge in [0.25, 0.3) is 0 Å². The zero-order valence-corrected chi connectivity index (χ0v) is 13.0. The van der Waals surface area contributed by atoms with Crippen LogP contribution < -0.4 is 10.5 Å². The molecule has 0 spiro atoms. The van der Waals surface area contributed by atoms with Crippen LogP contribution in [0.2, 0.25) is 0 Å². The van der Waals surface area contributed by atoms with Gasteiger partial charge in [0.15, 0.2) is 0 Å². The molecule has 0 bridgehead atoms. The van der Waals surface area contributed by atoms with Crippen LogP contribution in [0.5, 0.6) is 5.75 Å². The Morgan fingerprint density at radius 1 is 1.30 bits per heavy atom. The minimum absolute atomic E-state index is 0.159. The summed E-state index contributed by atoms with van der Waals surface area (Å²) in [5, 5.41) is 0. The van der Waals surface area contributed by atoms with Gasteiger partial charge in [-0.15, -0.1) is 0 Å². The summed E-state index contributed by atoms with van der Waals surface area (Å²) in [6.45, 7) is 6.90. The van der Waals surface area contributed by atoms with E-state index in [-0.39, 0.29) is 6.04 Å². The Morgan fingerprint density at radius 2 is 2.10 bits per heavy atom. The van der Waals surface area contributed by atoms with Gasteiger partial charge in [0, 0.05) is 12.5 Å². The van der Waals surface area contributed by atoms with Crippen LogP contribution in [0.3, 0.4) is 0 Å². The molecule has 2 nitrogen and oxygen atoms in total. The fraction of sp³-hybridized carbons (Fsp3) is 0.667. The van der Waals surface area contributed by atoms with Gasteiger partial charge < -0.3 is 10.5 Å². The molecule has 1 heterocycles. The summed E-state index contributed by atoms with van der Waals surface area (Å²) in [5.74, 6) is 1.64. The van der Waals surface area contributed by atoms with E-state index in [4.69, 9.17) is 10.5 Å². The average Bonchev–Trinajstić information content (AvgIpc) is 2.76. The molecular formula is C18H27NO. The molecule has 1 saturated carbocycles. The Morgan fingerprint density at radius 3 is 2.85 bits per heavy atom. The smallest absolute Gasteiger partial charge is 0.123 e. The summed E-state index contributed by atoms with van der Waals surface area (Å²) in [7, 11) is 0. The van der Waals surface area contributed by atoms with Gasteiger partial charge in [0.2, 0.25) is 0 Å². The van der Waals surface area contributed by atoms with Crippen molar-refractivity contribution in [3.63, 3.8) is 0 Å². The molecule has 0 saturated heterocycles. The lowest BCUT2D eigenvalue weighted by molar-refractivity contribution is 0.112. The Bertz CT molecular complexity index is 494. The van der Waals surface area contributed by atoms with Gasteiger partial charge in [-0.05, 0) is 48.3 Å². The van der Waals surface area contributed by atoms with Crippen molar-refractivity contribution in [3.8, 4) is 5.75 Å². The molecule has 2 aliphatic rings. The summed E-state index contributed by atoms with van der Waals surface area (Å²) in [6.07, 6.45) is 6.57. The van der Waals surface area contributed by atoms with Crippen molar-refractivity contribution >= 4 is 0 Å². The normalized spacial score (nSPS) is 29.6. The number of hydrogen-bond donors (Lipinski definition) is 1. The first kappa shape index (κ1) is 13.9. The van der Waals surface area contributed by atoms with Crippen LogP contribution in [0, 0.1) is 11.3 Å². The zero-order valence-electron chi connectivity index (χ0n) is 13.0. The molecule has 0 aromatic heterocycles. The molecule has 3 unspecified atom stereocenters. The topological polar surface area (TPSA) is 35.2 Å². The Hall–Kier alpha value is -1.02. The van der Waals surface area contributed by atoms with Crippen LogP contribution >= 0.6 is 0 Å². The lowest BCUT2D eigenvalue weighted by Gasteiger charge is -2.42. The fourth-order valence-corrected chi connectivity index (χ4v) is 4.07. The number of benzene rings is 1. The number of ether oxygens (including phenoxy) is 1. The molecule has 1 aliphatic carbocycles. The van der Waals surface area contributed by atoms with Gasteiger partial charge in [0.1, 0.15) is 11.9 Å². The van der Waals surface area contributed by atoms with Crippen LogP contribution in [0.15, 0.2) is 18.2 Å². The molecule has 3 rings (SSSR count). The highest BCUT2D eigenvalue weighted by Gasteiger charge is 2.36. The lowest BCUT2D eigenvalue weighted by atomic mass is 9.65. The first-order valence-corrected chi connectivity index (χ1v) is 8.02. The van der Waals surface area contributed by atoms with E-state index in [1.54, 1.807) is 0 Å². The quantitative estimate of drug-likeness (QED) is 0.875. The van der Waals surface area contributed by atoms with Crippen molar-refractivity contribution in [2.24, 2.45) is 17.1 Å². The predicted molar refractivity (Wildman–Crippen MR) is 82.9 cm³/mol. The minimum Gasteiger partial charge on any atom is -0.490 e. The highest BCUT2D eigenvalue weighted by Crippen LogP contribution is 2.46. The van der Waals surface area contributed by atoms with Gasteiger partial charge in [-0.1, -0.05) is 38.8 Å². The van der Waals surface area contributed by atoms with Crippen molar-refractivity contribution in [2.75, 3.05) is 0 Å². The molecule has 2 N–H and O–H groups in total. The third-order valence-corrected chi connectivity index (χ3v) is 5.33. The summed E-state index contributed by atoms with van der Waals surface area (Å²) in [4.78, 5) is 0. The van der Waals surface area contributed by atoms with E-state index in [1.807, 2.05) is 0 Å². The highest BCUT2D eigenvalue weighted by atomic mass is 16.5. The molecule has 2 heteroatoms. The van der Waals surface area contributed by atoms with E-state index in [2.05, 4.69) is 39.0 Å². The van der Waals surface area contributed by atoms with Crippen LogP contribution in [0.25, 0.3) is 0 Å². The first-order valence-electron chi connectivity index (χ1n) is 8.02. The van der Waals surface area contributed by atoms with E-state index in [9.17, 15) is 0 Å². The third-order valence-electron chi connectivity index (χ3n) is 5.33. The standard InChI is InChI=1S/C18H27NO/c1-12-10-14-11-13(7-8-16(14)20-12)17(19)15-6-4-5-9-18(15,2)3/h7-8,11-12,15,17H,4-6,9-10,19H2,1-3H3. The summed E-state index contributed by atoms with van der Waals surface area (Å²) in [5.41, 5.74) is 9.62. The van der Waals surface area contributed by atoms with E-state index >= 15 is 0 Å². The second-order valence-electron chi connectivity index (χ2n) is 7.37. The molecular weight excluding hydrogens is 246 g/mol.